The van der Waals surface area contributed by atoms with Crippen LogP contribution in [0.4, 0.5) is 5.82 Å². The molecular weight excluding hydrogens is 244 g/mol. The standard InChI is InChI=1S/C9H18N4O3S/c1-7(4-3-5-14)12-17(15,16)9-8(10)11-6-13(9)2/h6-7,12,14H,3-5,10H2,1-2H3. The summed E-state index contributed by atoms with van der Waals surface area (Å²) in [6.07, 6.45) is 2.46. The van der Waals surface area contributed by atoms with E-state index in [0.717, 1.165) is 0 Å². The molecule has 1 aromatic heterocycles. The number of aryl methyl sites for hydroxylation is 1. The van der Waals surface area contributed by atoms with Crippen molar-refractivity contribution in [3.05, 3.63) is 6.33 Å². The predicted molar refractivity (Wildman–Crippen MR) is 63.7 cm³/mol. The van der Waals surface area contributed by atoms with Gasteiger partial charge in [-0.05, 0) is 19.8 Å². The Labute approximate surface area is 101 Å². The highest BCUT2D eigenvalue weighted by molar-refractivity contribution is 7.89. The average molecular weight is 262 g/mol. The van der Waals surface area contributed by atoms with Crippen LogP contribution in [0, 0.1) is 0 Å². The van der Waals surface area contributed by atoms with Crippen LogP contribution in [0.1, 0.15) is 19.8 Å². The van der Waals surface area contributed by atoms with Crippen molar-refractivity contribution in [2.45, 2.75) is 30.8 Å². The summed E-state index contributed by atoms with van der Waals surface area (Å²) in [4.78, 5) is 3.73. The Balaban J connectivity index is 2.83. The van der Waals surface area contributed by atoms with Gasteiger partial charge in [0.15, 0.2) is 10.8 Å². The molecule has 1 aromatic rings. The number of rotatable bonds is 6. The molecular formula is C9H18N4O3S. The Morgan fingerprint density at radius 3 is 2.76 bits per heavy atom. The Kier molecular flexibility index (Phi) is 4.49. The highest BCUT2D eigenvalue weighted by atomic mass is 32.2. The molecule has 0 aliphatic carbocycles. The second-order valence-electron chi connectivity index (χ2n) is 3.93. The Hall–Kier alpha value is -1.12. The molecule has 0 aromatic carbocycles. The van der Waals surface area contributed by atoms with Gasteiger partial charge in [0.2, 0.25) is 0 Å². The van der Waals surface area contributed by atoms with Gasteiger partial charge in [-0.25, -0.2) is 18.1 Å². The van der Waals surface area contributed by atoms with E-state index in [1.165, 1.54) is 10.9 Å². The van der Waals surface area contributed by atoms with Gasteiger partial charge in [0.25, 0.3) is 10.0 Å². The van der Waals surface area contributed by atoms with E-state index >= 15 is 0 Å². The Morgan fingerprint density at radius 1 is 1.65 bits per heavy atom. The van der Waals surface area contributed by atoms with Gasteiger partial charge < -0.3 is 15.4 Å². The quantitative estimate of drug-likeness (QED) is 0.636. The molecule has 1 atom stereocenters. The second kappa shape index (κ2) is 5.48. The van der Waals surface area contributed by atoms with E-state index in [2.05, 4.69) is 9.71 Å². The summed E-state index contributed by atoms with van der Waals surface area (Å²) in [6, 6.07) is -0.263. The van der Waals surface area contributed by atoms with E-state index in [1.807, 2.05) is 0 Å². The van der Waals surface area contributed by atoms with Crippen molar-refractivity contribution in [3.63, 3.8) is 0 Å². The van der Waals surface area contributed by atoms with Gasteiger partial charge >= 0.3 is 0 Å². The number of aliphatic hydroxyl groups excluding tert-OH is 1. The van der Waals surface area contributed by atoms with Crippen LogP contribution >= 0.6 is 0 Å². The third kappa shape index (κ3) is 3.42. The minimum atomic E-state index is -3.66. The zero-order chi connectivity index (χ0) is 13.1. The molecule has 0 radical (unpaired) electrons. The monoisotopic (exact) mass is 262 g/mol. The van der Waals surface area contributed by atoms with Crippen molar-refractivity contribution < 1.29 is 13.5 Å². The fourth-order valence-corrected chi connectivity index (χ4v) is 3.05. The fourth-order valence-electron chi connectivity index (χ4n) is 1.54. The van der Waals surface area contributed by atoms with Crippen molar-refractivity contribution >= 4 is 15.8 Å². The Bertz CT molecular complexity index is 449. The molecule has 17 heavy (non-hydrogen) atoms. The first-order chi connectivity index (χ1) is 7.88. The van der Waals surface area contributed by atoms with Gasteiger partial charge in [-0.15, -0.1) is 0 Å². The van der Waals surface area contributed by atoms with Crippen LogP contribution < -0.4 is 10.5 Å². The van der Waals surface area contributed by atoms with Gasteiger partial charge in [-0.1, -0.05) is 0 Å². The number of anilines is 1. The minimum absolute atomic E-state index is 0.0191. The highest BCUT2D eigenvalue weighted by Crippen LogP contribution is 2.15. The summed E-state index contributed by atoms with van der Waals surface area (Å²) < 4.78 is 27.8. The molecule has 98 valence electrons. The van der Waals surface area contributed by atoms with Gasteiger partial charge in [-0.2, -0.15) is 0 Å². The number of sulfonamides is 1. The van der Waals surface area contributed by atoms with E-state index in [0.29, 0.717) is 12.8 Å². The number of nitrogens with zero attached hydrogens (tertiary/aromatic N) is 2. The summed E-state index contributed by atoms with van der Waals surface area (Å²) in [5.41, 5.74) is 5.51. The highest BCUT2D eigenvalue weighted by Gasteiger charge is 2.23. The first-order valence-corrected chi connectivity index (χ1v) is 6.76. The Morgan fingerprint density at radius 2 is 2.29 bits per heavy atom. The molecule has 0 fully saturated rings. The first kappa shape index (κ1) is 13.9. The minimum Gasteiger partial charge on any atom is -0.396 e. The maximum Gasteiger partial charge on any atom is 0.260 e. The smallest absolute Gasteiger partial charge is 0.260 e. The van der Waals surface area contributed by atoms with Crippen molar-refractivity contribution in [2.24, 2.45) is 7.05 Å². The van der Waals surface area contributed by atoms with Crippen LogP contribution in [0.15, 0.2) is 11.4 Å². The lowest BCUT2D eigenvalue weighted by molar-refractivity contribution is 0.279. The second-order valence-corrected chi connectivity index (χ2v) is 5.56. The molecule has 0 aliphatic heterocycles. The van der Waals surface area contributed by atoms with Crippen LogP contribution in [-0.4, -0.2) is 35.7 Å². The van der Waals surface area contributed by atoms with Gasteiger partial charge in [0.05, 0.1) is 6.33 Å². The van der Waals surface area contributed by atoms with Crippen LogP contribution in [0.2, 0.25) is 0 Å². The number of hydrogen-bond acceptors (Lipinski definition) is 5. The van der Waals surface area contributed by atoms with Crippen molar-refractivity contribution in [1.29, 1.82) is 0 Å². The number of hydrogen-bond donors (Lipinski definition) is 3. The van der Waals surface area contributed by atoms with Gasteiger partial charge in [0.1, 0.15) is 0 Å². The lowest BCUT2D eigenvalue weighted by Crippen LogP contribution is -2.34. The predicted octanol–water partition coefficient (Wildman–Crippen LogP) is -0.558. The molecule has 0 saturated heterocycles. The van der Waals surface area contributed by atoms with Crippen molar-refractivity contribution in [3.8, 4) is 0 Å². The van der Waals surface area contributed by atoms with E-state index in [1.54, 1.807) is 14.0 Å². The van der Waals surface area contributed by atoms with E-state index in [9.17, 15) is 8.42 Å². The lowest BCUT2D eigenvalue weighted by Gasteiger charge is -2.14. The zero-order valence-electron chi connectivity index (χ0n) is 9.92. The van der Waals surface area contributed by atoms with Crippen LogP contribution in [0.5, 0.6) is 0 Å². The number of nitrogens with two attached hydrogens (primary N) is 1. The molecule has 8 heteroatoms. The summed E-state index contributed by atoms with van der Waals surface area (Å²) in [7, 11) is -2.10. The van der Waals surface area contributed by atoms with Gasteiger partial charge in [0, 0.05) is 19.7 Å². The molecule has 0 spiro atoms. The number of nitrogens with one attached hydrogen (secondary N) is 1. The summed E-state index contributed by atoms with van der Waals surface area (Å²) in [5, 5.41) is 8.64. The SMILES string of the molecule is CC(CCCO)NS(=O)(=O)c1c(N)ncn1C. The summed E-state index contributed by atoms with van der Waals surface area (Å²) in [6.45, 7) is 1.78. The maximum atomic E-state index is 12.0. The van der Waals surface area contributed by atoms with Crippen LogP contribution in [-0.2, 0) is 17.1 Å². The molecule has 7 nitrogen and oxygen atoms in total. The van der Waals surface area contributed by atoms with Crippen molar-refractivity contribution in [2.75, 3.05) is 12.3 Å². The molecule has 1 unspecified atom stereocenters. The van der Waals surface area contributed by atoms with Gasteiger partial charge in [-0.3, -0.25) is 0 Å². The van der Waals surface area contributed by atoms with Crippen molar-refractivity contribution in [1.82, 2.24) is 14.3 Å². The molecule has 0 amide bonds. The molecule has 0 saturated carbocycles. The third-order valence-electron chi connectivity index (χ3n) is 2.32. The fraction of sp³-hybridized carbons (Fsp3) is 0.667. The zero-order valence-corrected chi connectivity index (χ0v) is 10.7. The molecule has 0 bridgehead atoms. The molecule has 1 rings (SSSR count). The number of aliphatic hydroxyl groups is 1. The topological polar surface area (TPSA) is 110 Å². The molecule has 1 heterocycles. The number of imidazole rings is 1. The average Bonchev–Trinajstić information content (AvgIpc) is 2.55. The lowest BCUT2D eigenvalue weighted by atomic mass is 10.2. The largest absolute Gasteiger partial charge is 0.396 e. The third-order valence-corrected chi connectivity index (χ3v) is 4.03. The normalized spacial score (nSPS) is 13.8. The molecule has 4 N–H and O–H groups in total. The van der Waals surface area contributed by atoms with E-state index in [-0.39, 0.29) is 23.5 Å². The number of nitrogen functional groups attached to an aromatic ring is 1. The van der Waals surface area contributed by atoms with E-state index in [4.69, 9.17) is 10.8 Å². The number of aromatic nitrogens is 2. The van der Waals surface area contributed by atoms with Crippen LogP contribution in [0.25, 0.3) is 0 Å². The first-order valence-electron chi connectivity index (χ1n) is 5.28. The summed E-state index contributed by atoms with van der Waals surface area (Å²) >= 11 is 0. The summed E-state index contributed by atoms with van der Waals surface area (Å²) in [5.74, 6) is -0.0191. The molecule has 0 aliphatic rings. The maximum absolute atomic E-state index is 12.0. The van der Waals surface area contributed by atoms with Crippen LogP contribution in [0.3, 0.4) is 0 Å². The van der Waals surface area contributed by atoms with E-state index < -0.39 is 10.0 Å².